The van der Waals surface area contributed by atoms with Crippen LogP contribution in [0, 0.1) is 0 Å². The monoisotopic (exact) mass is 304 g/mol. The van der Waals surface area contributed by atoms with E-state index in [1.165, 1.54) is 12.0 Å². The lowest BCUT2D eigenvalue weighted by Crippen LogP contribution is -2.33. The molecule has 112 valence electrons. The minimum Gasteiger partial charge on any atom is -0.382 e. The second-order valence-corrected chi connectivity index (χ2v) is 6.25. The van der Waals surface area contributed by atoms with Gasteiger partial charge in [-0.25, -0.2) is 4.98 Å². The van der Waals surface area contributed by atoms with Gasteiger partial charge in [0.1, 0.15) is 6.33 Å². The molecule has 1 saturated heterocycles. The lowest BCUT2D eigenvalue weighted by molar-refractivity contribution is 0.00926. The normalized spacial score (nSPS) is 22.1. The number of ether oxygens (including phenoxy) is 1. The first-order valence-electron chi connectivity index (χ1n) is 7.35. The summed E-state index contributed by atoms with van der Waals surface area (Å²) in [5, 5.41) is 11.1. The summed E-state index contributed by atoms with van der Waals surface area (Å²) in [5.41, 5.74) is 1.17. The summed E-state index contributed by atoms with van der Waals surface area (Å²) in [4.78, 5) is 5.26. The molecular weight excluding hydrogens is 284 g/mol. The highest BCUT2D eigenvalue weighted by Gasteiger charge is 2.20. The average molecular weight is 304 g/mol. The number of anilines is 1. The van der Waals surface area contributed by atoms with Gasteiger partial charge in [-0.3, -0.25) is 5.10 Å². The second kappa shape index (κ2) is 6.95. The molecule has 21 heavy (non-hydrogen) atoms. The van der Waals surface area contributed by atoms with Crippen molar-refractivity contribution in [2.24, 2.45) is 0 Å². The fourth-order valence-corrected chi connectivity index (χ4v) is 3.20. The van der Waals surface area contributed by atoms with E-state index in [9.17, 15) is 0 Å². The Bertz CT molecular complexity index is 543. The van der Waals surface area contributed by atoms with Crippen molar-refractivity contribution in [2.75, 3.05) is 11.9 Å². The summed E-state index contributed by atoms with van der Waals surface area (Å²) in [5.74, 6) is 0. The maximum absolute atomic E-state index is 5.71. The maximum Gasteiger partial charge on any atom is 0.188 e. The van der Waals surface area contributed by atoms with Crippen LogP contribution in [0.1, 0.15) is 26.2 Å². The highest BCUT2D eigenvalue weighted by atomic mass is 32.2. The lowest BCUT2D eigenvalue weighted by Gasteiger charge is -2.30. The third-order valence-corrected chi connectivity index (χ3v) is 4.55. The van der Waals surface area contributed by atoms with Gasteiger partial charge in [0.15, 0.2) is 5.16 Å². The highest BCUT2D eigenvalue weighted by molar-refractivity contribution is 7.99. The molecule has 0 spiro atoms. The molecule has 0 bridgehead atoms. The Morgan fingerprint density at radius 1 is 1.38 bits per heavy atom. The Kier molecular flexibility index (Phi) is 4.77. The quantitative estimate of drug-likeness (QED) is 0.887. The predicted molar refractivity (Wildman–Crippen MR) is 83.6 cm³/mol. The first kappa shape index (κ1) is 14.4. The molecule has 0 saturated carbocycles. The van der Waals surface area contributed by atoms with Gasteiger partial charge in [-0.05, 0) is 43.5 Å². The molecule has 2 aromatic rings. The van der Waals surface area contributed by atoms with E-state index in [0.29, 0.717) is 12.1 Å². The van der Waals surface area contributed by atoms with Crippen LogP contribution in [-0.4, -0.2) is 33.9 Å². The first-order chi connectivity index (χ1) is 10.3. The number of nitrogens with one attached hydrogen (secondary N) is 2. The van der Waals surface area contributed by atoms with Gasteiger partial charge in [0.05, 0.1) is 6.10 Å². The molecule has 5 nitrogen and oxygen atoms in total. The molecule has 0 amide bonds. The van der Waals surface area contributed by atoms with Crippen molar-refractivity contribution in [3.8, 4) is 0 Å². The molecule has 2 unspecified atom stereocenters. The number of aromatic amines is 1. The van der Waals surface area contributed by atoms with Gasteiger partial charge in [0.2, 0.25) is 0 Å². The largest absolute Gasteiger partial charge is 0.382 e. The maximum atomic E-state index is 5.71. The van der Waals surface area contributed by atoms with E-state index >= 15 is 0 Å². The zero-order valence-corrected chi connectivity index (χ0v) is 12.9. The number of nitrogens with zero attached hydrogens (tertiary/aromatic N) is 2. The minimum absolute atomic E-state index is 0.400. The van der Waals surface area contributed by atoms with Crippen molar-refractivity contribution < 1.29 is 4.74 Å². The Morgan fingerprint density at radius 3 is 2.95 bits per heavy atom. The van der Waals surface area contributed by atoms with Gasteiger partial charge < -0.3 is 10.1 Å². The SMILES string of the molecule is CCC1CC(Nc2ccc(Sc3ncn[nH]3)cc2)CCO1. The molecule has 1 aliphatic heterocycles. The lowest BCUT2D eigenvalue weighted by atomic mass is 10.0. The fraction of sp³-hybridized carbons (Fsp3) is 0.467. The third-order valence-electron chi connectivity index (χ3n) is 3.66. The Morgan fingerprint density at radius 2 is 2.24 bits per heavy atom. The molecule has 0 radical (unpaired) electrons. The Labute approximate surface area is 128 Å². The number of hydrogen-bond acceptors (Lipinski definition) is 5. The van der Waals surface area contributed by atoms with Crippen LogP contribution in [0.4, 0.5) is 5.69 Å². The smallest absolute Gasteiger partial charge is 0.188 e. The zero-order valence-electron chi connectivity index (χ0n) is 12.1. The molecular formula is C15H20N4OS. The minimum atomic E-state index is 0.400. The molecule has 0 aliphatic carbocycles. The summed E-state index contributed by atoms with van der Waals surface area (Å²) >= 11 is 1.58. The molecule has 2 N–H and O–H groups in total. The second-order valence-electron chi connectivity index (χ2n) is 5.18. The van der Waals surface area contributed by atoms with Gasteiger partial charge in [-0.1, -0.05) is 18.7 Å². The number of rotatable bonds is 5. The van der Waals surface area contributed by atoms with E-state index < -0.39 is 0 Å². The van der Waals surface area contributed by atoms with Crippen molar-refractivity contribution in [1.29, 1.82) is 0 Å². The fourth-order valence-electron chi connectivity index (χ4n) is 2.51. The highest BCUT2D eigenvalue weighted by Crippen LogP contribution is 2.26. The summed E-state index contributed by atoms with van der Waals surface area (Å²) in [6.45, 7) is 3.04. The number of aromatic nitrogens is 3. The molecule has 3 rings (SSSR count). The molecule has 1 aliphatic rings. The van der Waals surface area contributed by atoms with E-state index in [2.05, 4.69) is 51.7 Å². The third kappa shape index (κ3) is 3.98. The topological polar surface area (TPSA) is 62.8 Å². The Hall–Kier alpha value is -1.53. The van der Waals surface area contributed by atoms with Gasteiger partial charge >= 0.3 is 0 Å². The molecule has 2 atom stereocenters. The van der Waals surface area contributed by atoms with Gasteiger partial charge in [0.25, 0.3) is 0 Å². The van der Waals surface area contributed by atoms with Crippen molar-refractivity contribution in [2.45, 2.75) is 48.4 Å². The van der Waals surface area contributed by atoms with Gasteiger partial charge in [-0.15, -0.1) is 0 Å². The summed E-state index contributed by atoms with van der Waals surface area (Å²) in [7, 11) is 0. The Balaban J connectivity index is 1.56. The van der Waals surface area contributed by atoms with Crippen molar-refractivity contribution >= 4 is 17.4 Å². The summed E-state index contributed by atoms with van der Waals surface area (Å²) < 4.78 is 5.71. The number of H-pyrrole nitrogens is 1. The van der Waals surface area contributed by atoms with E-state index in [1.54, 1.807) is 11.8 Å². The van der Waals surface area contributed by atoms with Crippen LogP contribution in [0.25, 0.3) is 0 Å². The zero-order chi connectivity index (χ0) is 14.5. The number of benzene rings is 1. The van der Waals surface area contributed by atoms with E-state index in [0.717, 1.165) is 35.9 Å². The van der Waals surface area contributed by atoms with Crippen LogP contribution in [0.5, 0.6) is 0 Å². The van der Waals surface area contributed by atoms with E-state index in [1.807, 2.05) is 0 Å². The molecule has 2 heterocycles. The molecule has 1 aromatic heterocycles. The van der Waals surface area contributed by atoms with E-state index in [-0.39, 0.29) is 0 Å². The van der Waals surface area contributed by atoms with Crippen LogP contribution >= 0.6 is 11.8 Å². The predicted octanol–water partition coefficient (Wildman–Crippen LogP) is 3.33. The van der Waals surface area contributed by atoms with Crippen molar-refractivity contribution in [1.82, 2.24) is 15.2 Å². The average Bonchev–Trinajstić information content (AvgIpc) is 3.02. The summed E-state index contributed by atoms with van der Waals surface area (Å²) in [6, 6.07) is 8.96. The first-order valence-corrected chi connectivity index (χ1v) is 8.16. The van der Waals surface area contributed by atoms with Crippen molar-refractivity contribution in [3.63, 3.8) is 0 Å². The van der Waals surface area contributed by atoms with Crippen LogP contribution in [-0.2, 0) is 4.74 Å². The standard InChI is InChI=1S/C15H20N4OS/c1-2-13-9-12(7-8-20-13)18-11-3-5-14(6-4-11)21-15-16-10-17-19-15/h3-6,10,12-13,18H,2,7-9H2,1H3,(H,16,17,19). The van der Waals surface area contributed by atoms with Gasteiger partial charge in [-0.2, -0.15) is 5.10 Å². The van der Waals surface area contributed by atoms with Crippen LogP contribution in [0.2, 0.25) is 0 Å². The van der Waals surface area contributed by atoms with Gasteiger partial charge in [0, 0.05) is 23.2 Å². The summed E-state index contributed by atoms with van der Waals surface area (Å²) in [6.07, 6.45) is 5.17. The van der Waals surface area contributed by atoms with Crippen LogP contribution in [0.3, 0.4) is 0 Å². The molecule has 1 fully saturated rings. The molecule has 6 heteroatoms. The number of hydrogen-bond donors (Lipinski definition) is 2. The molecule has 1 aromatic carbocycles. The van der Waals surface area contributed by atoms with Crippen LogP contribution in [0.15, 0.2) is 40.6 Å². The van der Waals surface area contributed by atoms with E-state index in [4.69, 9.17) is 4.74 Å². The van der Waals surface area contributed by atoms with Crippen LogP contribution < -0.4 is 5.32 Å². The van der Waals surface area contributed by atoms with Crippen molar-refractivity contribution in [3.05, 3.63) is 30.6 Å².